The fourth-order valence-corrected chi connectivity index (χ4v) is 2.08. The van der Waals surface area contributed by atoms with Gasteiger partial charge in [0.25, 0.3) is 0 Å². The maximum absolute atomic E-state index is 5.83. The summed E-state index contributed by atoms with van der Waals surface area (Å²) in [6, 6.07) is 15.2. The fourth-order valence-electron chi connectivity index (χ4n) is 1.95. The highest BCUT2D eigenvalue weighted by Crippen LogP contribution is 2.18. The van der Waals surface area contributed by atoms with E-state index in [9.17, 15) is 0 Å². The quantitative estimate of drug-likeness (QED) is 0.659. The van der Waals surface area contributed by atoms with Crippen molar-refractivity contribution in [2.24, 2.45) is 0 Å². The molecule has 1 N–H and O–H groups in total. The van der Waals surface area contributed by atoms with Crippen molar-refractivity contribution in [2.45, 2.75) is 6.92 Å². The Balaban J connectivity index is 1.69. The van der Waals surface area contributed by atoms with E-state index in [0.29, 0.717) is 38.0 Å². The Kier molecular flexibility index (Phi) is 7.57. The van der Waals surface area contributed by atoms with Gasteiger partial charge in [0, 0.05) is 29.9 Å². The van der Waals surface area contributed by atoms with E-state index in [0.717, 1.165) is 17.2 Å². The Morgan fingerprint density at radius 2 is 1.70 bits per heavy atom. The zero-order valence-electron chi connectivity index (χ0n) is 13.3. The zero-order chi connectivity index (χ0) is 16.3. The van der Waals surface area contributed by atoms with Gasteiger partial charge >= 0.3 is 0 Å². The topological polar surface area (TPSA) is 39.7 Å². The van der Waals surface area contributed by atoms with Crippen LogP contribution in [0.2, 0.25) is 5.02 Å². The largest absolute Gasteiger partial charge is 0.492 e. The highest BCUT2D eigenvalue weighted by atomic mass is 35.5. The first kappa shape index (κ1) is 17.4. The molecule has 0 aromatic heterocycles. The summed E-state index contributed by atoms with van der Waals surface area (Å²) in [5.41, 5.74) is 0.999. The molecular formula is C18H22ClNO3. The maximum atomic E-state index is 5.83. The molecule has 0 fully saturated rings. The Bertz CT molecular complexity index is 575. The van der Waals surface area contributed by atoms with Crippen molar-refractivity contribution in [3.63, 3.8) is 0 Å². The Labute approximate surface area is 142 Å². The predicted molar refractivity (Wildman–Crippen MR) is 93.9 cm³/mol. The van der Waals surface area contributed by atoms with Gasteiger partial charge in [-0.3, -0.25) is 0 Å². The number of hydrogen-bond acceptors (Lipinski definition) is 4. The fraction of sp³-hybridized carbons (Fsp3) is 0.333. The van der Waals surface area contributed by atoms with Crippen LogP contribution < -0.4 is 14.8 Å². The van der Waals surface area contributed by atoms with Gasteiger partial charge in [0.1, 0.15) is 24.7 Å². The third-order valence-electron chi connectivity index (χ3n) is 3.05. The first-order chi connectivity index (χ1) is 11.3. The molecule has 0 aliphatic carbocycles. The van der Waals surface area contributed by atoms with Crippen molar-refractivity contribution >= 4 is 17.3 Å². The van der Waals surface area contributed by atoms with Crippen molar-refractivity contribution in [3.05, 3.63) is 53.6 Å². The summed E-state index contributed by atoms with van der Waals surface area (Å²) in [5, 5.41) is 4.01. The van der Waals surface area contributed by atoms with Gasteiger partial charge in [0.05, 0.1) is 6.61 Å². The van der Waals surface area contributed by atoms with Crippen LogP contribution in [0.25, 0.3) is 0 Å². The van der Waals surface area contributed by atoms with E-state index < -0.39 is 0 Å². The molecule has 0 unspecified atom stereocenters. The van der Waals surface area contributed by atoms with E-state index >= 15 is 0 Å². The molecule has 4 nitrogen and oxygen atoms in total. The van der Waals surface area contributed by atoms with Gasteiger partial charge in [-0.15, -0.1) is 0 Å². The number of benzene rings is 2. The van der Waals surface area contributed by atoms with E-state index in [4.69, 9.17) is 25.8 Å². The van der Waals surface area contributed by atoms with Crippen LogP contribution in [0.1, 0.15) is 6.92 Å². The Morgan fingerprint density at radius 3 is 2.48 bits per heavy atom. The van der Waals surface area contributed by atoms with Crippen LogP contribution in [-0.2, 0) is 4.74 Å². The lowest BCUT2D eigenvalue weighted by molar-refractivity contribution is 0.110. The second-order valence-corrected chi connectivity index (χ2v) is 5.24. The summed E-state index contributed by atoms with van der Waals surface area (Å²) in [7, 11) is 0. The highest BCUT2D eigenvalue weighted by Gasteiger charge is 1.98. The van der Waals surface area contributed by atoms with E-state index in [1.165, 1.54) is 0 Å². The van der Waals surface area contributed by atoms with Crippen molar-refractivity contribution in [1.82, 2.24) is 0 Å². The Morgan fingerprint density at radius 1 is 0.913 bits per heavy atom. The number of anilines is 1. The lowest BCUT2D eigenvalue weighted by Gasteiger charge is -2.11. The molecule has 0 aliphatic heterocycles. The molecule has 0 saturated heterocycles. The molecule has 0 amide bonds. The first-order valence-corrected chi connectivity index (χ1v) is 8.08. The second-order valence-electron chi connectivity index (χ2n) is 4.80. The van der Waals surface area contributed by atoms with Gasteiger partial charge in [-0.1, -0.05) is 17.7 Å². The van der Waals surface area contributed by atoms with Crippen molar-refractivity contribution in [3.8, 4) is 11.5 Å². The molecule has 2 aromatic rings. The molecule has 0 bridgehead atoms. The lowest BCUT2D eigenvalue weighted by atomic mass is 10.3. The molecular weight excluding hydrogens is 314 g/mol. The van der Waals surface area contributed by atoms with Crippen LogP contribution in [-0.4, -0.2) is 33.0 Å². The van der Waals surface area contributed by atoms with Crippen LogP contribution >= 0.6 is 11.6 Å². The van der Waals surface area contributed by atoms with Crippen molar-refractivity contribution in [2.75, 3.05) is 38.3 Å². The minimum Gasteiger partial charge on any atom is -0.492 e. The molecule has 124 valence electrons. The van der Waals surface area contributed by atoms with Gasteiger partial charge in [0.2, 0.25) is 0 Å². The monoisotopic (exact) mass is 335 g/mol. The molecule has 23 heavy (non-hydrogen) atoms. The average molecular weight is 336 g/mol. The van der Waals surface area contributed by atoms with E-state index in [1.807, 2.05) is 55.5 Å². The SMILES string of the molecule is CCOCCOc1cccc(NCCOc2ccc(Cl)cc2)c1. The number of rotatable bonds is 10. The second kappa shape index (κ2) is 9.98. The first-order valence-electron chi connectivity index (χ1n) is 7.71. The number of hydrogen-bond donors (Lipinski definition) is 1. The maximum Gasteiger partial charge on any atom is 0.121 e. The van der Waals surface area contributed by atoms with Gasteiger partial charge in [-0.2, -0.15) is 0 Å². The number of halogens is 1. The van der Waals surface area contributed by atoms with Crippen LogP contribution in [0, 0.1) is 0 Å². The molecule has 0 aliphatic rings. The van der Waals surface area contributed by atoms with Crippen LogP contribution in [0.5, 0.6) is 11.5 Å². The summed E-state index contributed by atoms with van der Waals surface area (Å²) in [4.78, 5) is 0. The molecule has 0 saturated carbocycles. The van der Waals surface area contributed by atoms with Crippen LogP contribution in [0.4, 0.5) is 5.69 Å². The van der Waals surface area contributed by atoms with Gasteiger partial charge < -0.3 is 19.5 Å². The molecule has 0 radical (unpaired) electrons. The van der Waals surface area contributed by atoms with Crippen molar-refractivity contribution in [1.29, 1.82) is 0 Å². The molecule has 2 aromatic carbocycles. The molecule has 0 atom stereocenters. The van der Waals surface area contributed by atoms with Gasteiger partial charge in [-0.25, -0.2) is 0 Å². The summed E-state index contributed by atoms with van der Waals surface area (Å²) in [6.45, 7) is 5.09. The third kappa shape index (κ3) is 6.80. The van der Waals surface area contributed by atoms with Gasteiger partial charge in [-0.05, 0) is 43.3 Å². The molecule has 5 heteroatoms. The summed E-state index contributed by atoms with van der Waals surface area (Å²) < 4.78 is 16.5. The third-order valence-corrected chi connectivity index (χ3v) is 3.30. The lowest BCUT2D eigenvalue weighted by Crippen LogP contribution is -2.11. The number of ether oxygens (including phenoxy) is 3. The van der Waals surface area contributed by atoms with E-state index in [1.54, 1.807) is 0 Å². The minimum atomic E-state index is 0.553. The normalized spacial score (nSPS) is 10.3. The van der Waals surface area contributed by atoms with Crippen LogP contribution in [0.15, 0.2) is 48.5 Å². The van der Waals surface area contributed by atoms with Gasteiger partial charge in [0.15, 0.2) is 0 Å². The van der Waals surface area contributed by atoms with Crippen LogP contribution in [0.3, 0.4) is 0 Å². The zero-order valence-corrected chi connectivity index (χ0v) is 14.0. The molecule has 0 spiro atoms. The Hall–Kier alpha value is -1.91. The summed E-state index contributed by atoms with van der Waals surface area (Å²) in [5.74, 6) is 1.64. The van der Waals surface area contributed by atoms with E-state index in [2.05, 4.69) is 5.32 Å². The molecule has 2 rings (SSSR count). The number of nitrogens with one attached hydrogen (secondary N) is 1. The summed E-state index contributed by atoms with van der Waals surface area (Å²) >= 11 is 5.83. The molecule has 0 heterocycles. The van der Waals surface area contributed by atoms with E-state index in [-0.39, 0.29) is 0 Å². The average Bonchev–Trinajstić information content (AvgIpc) is 2.58. The minimum absolute atomic E-state index is 0.553. The highest BCUT2D eigenvalue weighted by molar-refractivity contribution is 6.30. The smallest absolute Gasteiger partial charge is 0.121 e. The predicted octanol–water partition coefficient (Wildman–Crippen LogP) is 4.25. The summed E-state index contributed by atoms with van der Waals surface area (Å²) in [6.07, 6.45) is 0. The van der Waals surface area contributed by atoms with Crippen molar-refractivity contribution < 1.29 is 14.2 Å². The standard InChI is InChI=1S/C18H22ClNO3/c1-2-21-12-13-23-18-5-3-4-16(14-18)20-10-11-22-17-8-6-15(19)7-9-17/h3-9,14,20H,2,10-13H2,1H3.